The first-order valence-corrected chi connectivity index (χ1v) is 7.09. The molecule has 0 spiro atoms. The Bertz CT molecular complexity index is 469. The molecule has 1 amide bonds. The van der Waals surface area contributed by atoms with Crippen LogP contribution >= 0.6 is 11.6 Å². The fraction of sp³-hybridized carbons (Fsp3) is 0.533. The quantitative estimate of drug-likeness (QED) is 0.923. The fourth-order valence-corrected chi connectivity index (χ4v) is 2.83. The summed E-state index contributed by atoms with van der Waals surface area (Å²) in [7, 11) is 1.86. The van der Waals surface area contributed by atoms with E-state index in [1.165, 1.54) is 0 Å². The second-order valence-corrected chi connectivity index (χ2v) is 5.95. The zero-order chi connectivity index (χ0) is 14.0. The van der Waals surface area contributed by atoms with E-state index in [4.69, 9.17) is 11.6 Å². The van der Waals surface area contributed by atoms with Gasteiger partial charge in [0.1, 0.15) is 0 Å². The third kappa shape index (κ3) is 2.93. The second kappa shape index (κ2) is 5.51. The van der Waals surface area contributed by atoms with Crippen LogP contribution < -0.4 is 5.32 Å². The molecule has 4 heteroatoms. The van der Waals surface area contributed by atoms with Gasteiger partial charge in [-0.15, -0.1) is 0 Å². The third-order valence-corrected chi connectivity index (χ3v) is 4.31. The Kier molecular flexibility index (Phi) is 4.16. The van der Waals surface area contributed by atoms with Crippen molar-refractivity contribution in [3.05, 3.63) is 34.9 Å². The van der Waals surface area contributed by atoms with Crippen LogP contribution in [0.1, 0.15) is 38.3 Å². The van der Waals surface area contributed by atoms with Gasteiger partial charge in [0.15, 0.2) is 0 Å². The molecule has 1 aromatic rings. The molecular formula is C15H21ClN2O. The smallest absolute Gasteiger partial charge is 0.242 e. The lowest BCUT2D eigenvalue weighted by molar-refractivity contribution is -0.137. The highest BCUT2D eigenvalue weighted by atomic mass is 35.5. The van der Waals surface area contributed by atoms with Crippen molar-refractivity contribution in [1.82, 2.24) is 10.2 Å². The van der Waals surface area contributed by atoms with E-state index >= 15 is 0 Å². The Balaban J connectivity index is 2.15. The van der Waals surface area contributed by atoms with E-state index in [2.05, 4.69) is 5.32 Å². The van der Waals surface area contributed by atoms with Gasteiger partial charge in [0.2, 0.25) is 5.91 Å². The topological polar surface area (TPSA) is 32.3 Å². The first kappa shape index (κ1) is 14.4. The number of hydrogen-bond acceptors (Lipinski definition) is 2. The van der Waals surface area contributed by atoms with E-state index in [9.17, 15) is 4.79 Å². The van der Waals surface area contributed by atoms with Crippen LogP contribution in [-0.2, 0) is 4.79 Å². The number of carbonyl (C=O) groups is 1. The molecule has 1 aromatic carbocycles. The van der Waals surface area contributed by atoms with Crippen LogP contribution in [0.3, 0.4) is 0 Å². The van der Waals surface area contributed by atoms with E-state index < -0.39 is 5.54 Å². The van der Waals surface area contributed by atoms with Crippen molar-refractivity contribution in [3.63, 3.8) is 0 Å². The molecule has 2 atom stereocenters. The summed E-state index contributed by atoms with van der Waals surface area (Å²) in [5, 5.41) is 4.02. The highest BCUT2D eigenvalue weighted by Gasteiger charge is 2.39. The maximum absolute atomic E-state index is 12.6. The van der Waals surface area contributed by atoms with E-state index in [-0.39, 0.29) is 11.9 Å². The summed E-state index contributed by atoms with van der Waals surface area (Å²) in [6.45, 7) is 4.94. The van der Waals surface area contributed by atoms with Crippen LogP contribution in [0.4, 0.5) is 0 Å². The maximum Gasteiger partial charge on any atom is 0.242 e. The van der Waals surface area contributed by atoms with E-state index in [1.54, 1.807) is 0 Å². The van der Waals surface area contributed by atoms with Crippen LogP contribution in [0.2, 0.25) is 5.02 Å². The summed E-state index contributed by atoms with van der Waals surface area (Å²) >= 11 is 6.01. The largest absolute Gasteiger partial charge is 0.337 e. The summed E-state index contributed by atoms with van der Waals surface area (Å²) < 4.78 is 0. The molecule has 2 unspecified atom stereocenters. The SMILES string of the molecule is CC(c1cccc(Cl)c1)N(C)C(=O)C1(C)CCCN1. The van der Waals surface area contributed by atoms with Crippen molar-refractivity contribution in [3.8, 4) is 0 Å². The molecule has 1 aliphatic rings. The van der Waals surface area contributed by atoms with Gasteiger partial charge in [-0.1, -0.05) is 23.7 Å². The fourth-order valence-electron chi connectivity index (χ4n) is 2.63. The summed E-state index contributed by atoms with van der Waals surface area (Å²) in [6.07, 6.45) is 1.96. The molecule has 1 N–H and O–H groups in total. The van der Waals surface area contributed by atoms with Crippen molar-refractivity contribution in [2.24, 2.45) is 0 Å². The van der Waals surface area contributed by atoms with Crippen molar-refractivity contribution in [1.29, 1.82) is 0 Å². The summed E-state index contributed by atoms with van der Waals surface area (Å²) in [6, 6.07) is 7.71. The number of benzene rings is 1. The van der Waals surface area contributed by atoms with Crippen LogP contribution in [0.15, 0.2) is 24.3 Å². The molecule has 2 rings (SSSR count). The number of rotatable bonds is 3. The van der Waals surface area contributed by atoms with Crippen LogP contribution in [0.25, 0.3) is 0 Å². The van der Waals surface area contributed by atoms with Gasteiger partial charge in [-0.05, 0) is 50.9 Å². The van der Waals surface area contributed by atoms with E-state index in [0.29, 0.717) is 5.02 Å². The van der Waals surface area contributed by atoms with Crippen molar-refractivity contribution < 1.29 is 4.79 Å². The minimum Gasteiger partial charge on any atom is -0.337 e. The summed E-state index contributed by atoms with van der Waals surface area (Å²) in [5.74, 6) is 0.150. The molecule has 19 heavy (non-hydrogen) atoms. The zero-order valence-electron chi connectivity index (χ0n) is 11.7. The lowest BCUT2D eigenvalue weighted by Gasteiger charge is -2.33. The highest BCUT2D eigenvalue weighted by molar-refractivity contribution is 6.30. The molecule has 3 nitrogen and oxygen atoms in total. The maximum atomic E-state index is 12.6. The Hall–Kier alpha value is -1.06. The molecule has 1 saturated heterocycles. The van der Waals surface area contributed by atoms with Crippen molar-refractivity contribution in [2.45, 2.75) is 38.3 Å². The van der Waals surface area contributed by atoms with Gasteiger partial charge in [0, 0.05) is 12.1 Å². The van der Waals surface area contributed by atoms with Crippen LogP contribution in [0, 0.1) is 0 Å². The Labute approximate surface area is 119 Å². The molecule has 0 aliphatic carbocycles. The number of carbonyl (C=O) groups excluding carboxylic acids is 1. The van der Waals surface area contributed by atoms with Crippen molar-refractivity contribution >= 4 is 17.5 Å². The number of hydrogen-bond donors (Lipinski definition) is 1. The average molecular weight is 281 g/mol. The minimum atomic E-state index is -0.415. The first-order valence-electron chi connectivity index (χ1n) is 6.72. The molecule has 0 aromatic heterocycles. The number of amides is 1. The number of likely N-dealkylation sites (N-methyl/N-ethyl adjacent to an activating group) is 1. The molecule has 1 fully saturated rings. The average Bonchev–Trinajstić information content (AvgIpc) is 2.84. The predicted molar refractivity (Wildman–Crippen MR) is 78.3 cm³/mol. The third-order valence-electron chi connectivity index (χ3n) is 4.07. The first-order chi connectivity index (χ1) is 8.94. The molecule has 0 saturated carbocycles. The lowest BCUT2D eigenvalue weighted by Crippen LogP contribution is -2.52. The molecule has 1 heterocycles. The highest BCUT2D eigenvalue weighted by Crippen LogP contribution is 2.27. The molecule has 0 radical (unpaired) electrons. The Morgan fingerprint density at radius 2 is 2.26 bits per heavy atom. The molecule has 0 bridgehead atoms. The van der Waals surface area contributed by atoms with E-state index in [1.807, 2.05) is 50.1 Å². The number of nitrogens with zero attached hydrogens (tertiary/aromatic N) is 1. The van der Waals surface area contributed by atoms with Gasteiger partial charge < -0.3 is 10.2 Å². The lowest BCUT2D eigenvalue weighted by atomic mass is 9.97. The van der Waals surface area contributed by atoms with E-state index in [0.717, 1.165) is 24.9 Å². The van der Waals surface area contributed by atoms with Gasteiger partial charge in [-0.25, -0.2) is 0 Å². The molecular weight excluding hydrogens is 260 g/mol. The van der Waals surface area contributed by atoms with Gasteiger partial charge in [-0.2, -0.15) is 0 Å². The van der Waals surface area contributed by atoms with Crippen molar-refractivity contribution in [2.75, 3.05) is 13.6 Å². The normalized spacial score (nSPS) is 24.2. The van der Waals surface area contributed by atoms with Crippen LogP contribution in [0.5, 0.6) is 0 Å². The van der Waals surface area contributed by atoms with Crippen LogP contribution in [-0.4, -0.2) is 29.9 Å². The summed E-state index contributed by atoms with van der Waals surface area (Å²) in [5.41, 5.74) is 0.645. The standard InChI is InChI=1S/C15H21ClN2O/c1-11(12-6-4-7-13(16)10-12)18(3)14(19)15(2)8-5-9-17-15/h4,6-7,10-11,17H,5,8-9H2,1-3H3. The monoisotopic (exact) mass is 280 g/mol. The Morgan fingerprint density at radius 1 is 1.53 bits per heavy atom. The van der Waals surface area contributed by atoms with Gasteiger partial charge in [0.05, 0.1) is 11.6 Å². The van der Waals surface area contributed by atoms with Gasteiger partial charge >= 0.3 is 0 Å². The predicted octanol–water partition coefficient (Wildman–Crippen LogP) is 3.00. The second-order valence-electron chi connectivity index (χ2n) is 5.51. The molecule has 104 valence electrons. The zero-order valence-corrected chi connectivity index (χ0v) is 12.5. The summed E-state index contributed by atoms with van der Waals surface area (Å²) in [4.78, 5) is 14.4. The number of nitrogens with one attached hydrogen (secondary N) is 1. The molecule has 1 aliphatic heterocycles. The minimum absolute atomic E-state index is 0.0189. The Morgan fingerprint density at radius 3 is 2.84 bits per heavy atom. The number of halogens is 1. The van der Waals surface area contributed by atoms with Gasteiger partial charge in [0.25, 0.3) is 0 Å². The van der Waals surface area contributed by atoms with Gasteiger partial charge in [-0.3, -0.25) is 4.79 Å².